The number of urea groups is 1. The van der Waals surface area contributed by atoms with E-state index in [0.717, 1.165) is 5.56 Å². The third kappa shape index (κ3) is 3.98. The average molecular weight is 320 g/mol. The molecule has 7 heteroatoms. The van der Waals surface area contributed by atoms with Gasteiger partial charge in [-0.05, 0) is 43.3 Å². The third-order valence-corrected chi connectivity index (χ3v) is 4.25. The number of anilines is 1. The van der Waals surface area contributed by atoms with Gasteiger partial charge in [0.1, 0.15) is 5.75 Å². The Bertz CT molecular complexity index is 753. The van der Waals surface area contributed by atoms with Crippen LogP contribution < -0.4 is 14.8 Å². The Morgan fingerprint density at radius 3 is 2.14 bits per heavy atom. The molecule has 0 saturated heterocycles. The molecule has 0 aromatic heterocycles. The van der Waals surface area contributed by atoms with E-state index in [1.807, 2.05) is 11.6 Å². The van der Waals surface area contributed by atoms with Gasteiger partial charge in [0.05, 0.1) is 12.0 Å². The van der Waals surface area contributed by atoms with Gasteiger partial charge in [-0.25, -0.2) is 17.9 Å². The first-order chi connectivity index (χ1) is 10.4. The molecule has 2 N–H and O–H groups in total. The zero-order valence-corrected chi connectivity index (χ0v) is 13.0. The Morgan fingerprint density at radius 2 is 1.59 bits per heavy atom. The minimum absolute atomic E-state index is 0.0305. The van der Waals surface area contributed by atoms with Crippen LogP contribution in [0.1, 0.15) is 5.56 Å². The Morgan fingerprint density at radius 1 is 1.00 bits per heavy atom. The van der Waals surface area contributed by atoms with E-state index in [-0.39, 0.29) is 4.90 Å². The molecule has 0 aliphatic carbocycles. The van der Waals surface area contributed by atoms with Crippen LogP contribution in [0.2, 0.25) is 0 Å². The number of carbonyl (C=O) groups is 1. The number of aryl methyl sites for hydroxylation is 1. The molecule has 0 bridgehead atoms. The molecule has 0 radical (unpaired) electrons. The van der Waals surface area contributed by atoms with Crippen molar-refractivity contribution in [3.63, 3.8) is 0 Å². The second-order valence-corrected chi connectivity index (χ2v) is 6.28. The van der Waals surface area contributed by atoms with Crippen LogP contribution in [0, 0.1) is 6.92 Å². The van der Waals surface area contributed by atoms with Gasteiger partial charge in [-0.1, -0.05) is 17.7 Å². The zero-order valence-electron chi connectivity index (χ0n) is 12.2. The number of hydrogen-bond acceptors (Lipinski definition) is 4. The highest BCUT2D eigenvalue weighted by atomic mass is 32.2. The molecular formula is C15H16N2O4S. The van der Waals surface area contributed by atoms with Crippen LogP contribution in [-0.2, 0) is 10.0 Å². The van der Waals surface area contributed by atoms with Crippen LogP contribution >= 0.6 is 0 Å². The topological polar surface area (TPSA) is 84.5 Å². The molecule has 0 aliphatic heterocycles. The number of hydrogen-bond donors (Lipinski definition) is 2. The number of sulfonamides is 1. The van der Waals surface area contributed by atoms with Crippen LogP contribution in [0.3, 0.4) is 0 Å². The summed E-state index contributed by atoms with van der Waals surface area (Å²) in [5, 5.41) is 2.45. The van der Waals surface area contributed by atoms with Crippen LogP contribution in [0.25, 0.3) is 0 Å². The number of benzene rings is 2. The monoisotopic (exact) mass is 320 g/mol. The Balaban J connectivity index is 2.05. The quantitative estimate of drug-likeness (QED) is 0.906. The highest BCUT2D eigenvalue weighted by molar-refractivity contribution is 7.90. The second kappa shape index (κ2) is 6.48. The van der Waals surface area contributed by atoms with E-state index in [1.54, 1.807) is 36.4 Å². The van der Waals surface area contributed by atoms with Crippen molar-refractivity contribution in [2.24, 2.45) is 0 Å². The van der Waals surface area contributed by atoms with E-state index in [2.05, 4.69) is 5.32 Å². The summed E-state index contributed by atoms with van der Waals surface area (Å²) in [6.07, 6.45) is 0. The molecule has 2 amide bonds. The lowest BCUT2D eigenvalue weighted by Gasteiger charge is -2.09. The fourth-order valence-electron chi connectivity index (χ4n) is 1.73. The Hall–Kier alpha value is -2.54. The van der Waals surface area contributed by atoms with Crippen molar-refractivity contribution < 1.29 is 17.9 Å². The summed E-state index contributed by atoms with van der Waals surface area (Å²) < 4.78 is 31.1. The van der Waals surface area contributed by atoms with Gasteiger partial charge < -0.3 is 10.1 Å². The Labute approximate surface area is 129 Å². The normalized spacial score (nSPS) is 10.8. The molecule has 0 heterocycles. The lowest BCUT2D eigenvalue weighted by Crippen LogP contribution is -2.34. The van der Waals surface area contributed by atoms with Crippen molar-refractivity contribution in [1.82, 2.24) is 4.72 Å². The molecule has 0 aliphatic rings. The predicted octanol–water partition coefficient (Wildman–Crippen LogP) is 2.51. The molecule has 0 saturated carbocycles. The first kappa shape index (κ1) is 15.8. The number of rotatable bonds is 4. The minimum atomic E-state index is -3.90. The van der Waals surface area contributed by atoms with Gasteiger partial charge in [0.25, 0.3) is 10.0 Å². The predicted molar refractivity (Wildman–Crippen MR) is 83.5 cm³/mol. The van der Waals surface area contributed by atoms with Crippen LogP contribution in [0.4, 0.5) is 10.5 Å². The molecule has 6 nitrogen and oxygen atoms in total. The van der Waals surface area contributed by atoms with E-state index < -0.39 is 16.1 Å². The van der Waals surface area contributed by atoms with E-state index in [1.165, 1.54) is 19.2 Å². The van der Waals surface area contributed by atoms with Gasteiger partial charge in [-0.2, -0.15) is 0 Å². The molecule has 2 aromatic rings. The molecule has 0 fully saturated rings. The SMILES string of the molecule is COc1ccc(NC(=O)NS(=O)(=O)c2ccc(C)cc2)cc1. The van der Waals surface area contributed by atoms with E-state index in [4.69, 9.17) is 4.74 Å². The average Bonchev–Trinajstić information content (AvgIpc) is 2.48. The van der Waals surface area contributed by atoms with Crippen LogP contribution in [-0.4, -0.2) is 21.6 Å². The lowest BCUT2D eigenvalue weighted by atomic mass is 10.2. The van der Waals surface area contributed by atoms with E-state index in [0.29, 0.717) is 11.4 Å². The highest BCUT2D eigenvalue weighted by Gasteiger charge is 2.17. The molecule has 22 heavy (non-hydrogen) atoms. The van der Waals surface area contributed by atoms with Crippen molar-refractivity contribution >= 4 is 21.7 Å². The molecule has 2 aromatic carbocycles. The second-order valence-electron chi connectivity index (χ2n) is 4.60. The van der Waals surface area contributed by atoms with Crippen LogP contribution in [0.15, 0.2) is 53.4 Å². The van der Waals surface area contributed by atoms with Crippen LogP contribution in [0.5, 0.6) is 5.75 Å². The van der Waals surface area contributed by atoms with Crippen molar-refractivity contribution in [2.75, 3.05) is 12.4 Å². The number of nitrogens with one attached hydrogen (secondary N) is 2. The maximum atomic E-state index is 12.1. The van der Waals surface area contributed by atoms with Gasteiger partial charge in [0, 0.05) is 5.69 Å². The molecule has 2 rings (SSSR count). The first-order valence-electron chi connectivity index (χ1n) is 6.45. The third-order valence-electron chi connectivity index (χ3n) is 2.91. The summed E-state index contributed by atoms with van der Waals surface area (Å²) in [5.74, 6) is 0.637. The van der Waals surface area contributed by atoms with Gasteiger partial charge >= 0.3 is 6.03 Å². The van der Waals surface area contributed by atoms with Gasteiger partial charge in [-0.3, -0.25) is 0 Å². The summed E-state index contributed by atoms with van der Waals surface area (Å²) in [6, 6.07) is 11.9. The standard InChI is InChI=1S/C15H16N2O4S/c1-11-3-9-14(10-4-11)22(19,20)17-15(18)16-12-5-7-13(21-2)8-6-12/h3-10H,1-2H3,(H2,16,17,18). The fraction of sp³-hybridized carbons (Fsp3) is 0.133. The molecule has 0 spiro atoms. The summed E-state index contributed by atoms with van der Waals surface area (Å²) in [4.78, 5) is 11.8. The minimum Gasteiger partial charge on any atom is -0.497 e. The molecular weight excluding hydrogens is 304 g/mol. The van der Waals surface area contributed by atoms with Gasteiger partial charge in [0.2, 0.25) is 0 Å². The van der Waals surface area contributed by atoms with E-state index >= 15 is 0 Å². The summed E-state index contributed by atoms with van der Waals surface area (Å²) in [7, 11) is -2.36. The fourth-order valence-corrected chi connectivity index (χ4v) is 2.64. The smallest absolute Gasteiger partial charge is 0.333 e. The number of ether oxygens (including phenoxy) is 1. The lowest BCUT2D eigenvalue weighted by molar-refractivity contribution is 0.256. The molecule has 116 valence electrons. The molecule has 0 unspecified atom stereocenters. The first-order valence-corrected chi connectivity index (χ1v) is 7.93. The number of methoxy groups -OCH3 is 1. The Kier molecular flexibility index (Phi) is 4.67. The summed E-state index contributed by atoms with van der Waals surface area (Å²) in [6.45, 7) is 1.85. The summed E-state index contributed by atoms with van der Waals surface area (Å²) >= 11 is 0. The summed E-state index contributed by atoms with van der Waals surface area (Å²) in [5.41, 5.74) is 1.39. The van der Waals surface area contributed by atoms with Gasteiger partial charge in [0.15, 0.2) is 0 Å². The van der Waals surface area contributed by atoms with Crippen molar-refractivity contribution in [3.8, 4) is 5.75 Å². The van der Waals surface area contributed by atoms with Crippen molar-refractivity contribution in [3.05, 3.63) is 54.1 Å². The number of amides is 2. The van der Waals surface area contributed by atoms with Crippen molar-refractivity contribution in [1.29, 1.82) is 0 Å². The molecule has 0 atom stereocenters. The largest absolute Gasteiger partial charge is 0.497 e. The van der Waals surface area contributed by atoms with Gasteiger partial charge in [-0.15, -0.1) is 0 Å². The van der Waals surface area contributed by atoms with Crippen molar-refractivity contribution in [2.45, 2.75) is 11.8 Å². The van der Waals surface area contributed by atoms with E-state index in [9.17, 15) is 13.2 Å². The highest BCUT2D eigenvalue weighted by Crippen LogP contribution is 2.15. The number of carbonyl (C=O) groups excluding carboxylic acids is 1. The maximum Gasteiger partial charge on any atom is 0.333 e. The maximum absolute atomic E-state index is 12.1. The zero-order chi connectivity index (χ0) is 16.2.